The number of hydrogen-bond acceptors (Lipinski definition) is 5. The number of aryl methyl sites for hydroxylation is 1. The number of hydrogen-bond donors (Lipinski definition) is 1. The van der Waals surface area contributed by atoms with Crippen molar-refractivity contribution in [2.45, 2.75) is 32.6 Å². The molecule has 0 fully saturated rings. The van der Waals surface area contributed by atoms with E-state index >= 15 is 0 Å². The lowest BCUT2D eigenvalue weighted by molar-refractivity contribution is -0.115. The third kappa shape index (κ3) is 3.59. The average Bonchev–Trinajstić information content (AvgIpc) is 3.15. The zero-order chi connectivity index (χ0) is 16.4. The lowest BCUT2D eigenvalue weighted by Gasteiger charge is -2.07. The molecule has 1 amide bonds. The van der Waals surface area contributed by atoms with Gasteiger partial charge < -0.3 is 10.1 Å². The third-order valence-electron chi connectivity index (χ3n) is 3.62. The standard InChI is InChI=1S/C16H16ClNO3S2/c1-2-21-16(20)14-10-4-3-5-11(10)23-15(14)18-13(19)8-9-6-7-12(17)22-9/h6-7H,2-5,8H2,1H3,(H,18,19). The first-order valence-electron chi connectivity index (χ1n) is 7.44. The molecule has 2 heterocycles. The van der Waals surface area contributed by atoms with Crippen molar-refractivity contribution < 1.29 is 14.3 Å². The van der Waals surface area contributed by atoms with E-state index in [-0.39, 0.29) is 18.3 Å². The predicted octanol–water partition coefficient (Wildman–Crippen LogP) is 4.31. The summed E-state index contributed by atoms with van der Waals surface area (Å²) in [5.74, 6) is -0.490. The molecular formula is C16H16ClNO3S2. The molecule has 1 aliphatic rings. The van der Waals surface area contributed by atoms with E-state index in [0.29, 0.717) is 21.5 Å². The maximum atomic E-state index is 12.3. The highest BCUT2D eigenvalue weighted by Crippen LogP contribution is 2.39. The van der Waals surface area contributed by atoms with Crippen LogP contribution in [0.4, 0.5) is 5.00 Å². The topological polar surface area (TPSA) is 55.4 Å². The largest absolute Gasteiger partial charge is 0.462 e. The molecule has 1 N–H and O–H groups in total. The van der Waals surface area contributed by atoms with Crippen molar-refractivity contribution in [3.05, 3.63) is 37.4 Å². The Morgan fingerprint density at radius 2 is 2.13 bits per heavy atom. The molecule has 1 aliphatic carbocycles. The molecule has 0 unspecified atom stereocenters. The number of carbonyl (C=O) groups excluding carboxylic acids is 2. The van der Waals surface area contributed by atoms with Gasteiger partial charge in [0.15, 0.2) is 0 Å². The van der Waals surface area contributed by atoms with Crippen LogP contribution in [0.25, 0.3) is 0 Å². The van der Waals surface area contributed by atoms with Crippen molar-refractivity contribution in [2.75, 3.05) is 11.9 Å². The number of carbonyl (C=O) groups is 2. The predicted molar refractivity (Wildman–Crippen MR) is 94.0 cm³/mol. The van der Waals surface area contributed by atoms with Crippen LogP contribution in [-0.2, 0) is 28.8 Å². The Morgan fingerprint density at radius 3 is 2.83 bits per heavy atom. The molecule has 3 rings (SSSR count). The second-order valence-electron chi connectivity index (χ2n) is 5.21. The number of halogens is 1. The molecule has 4 nitrogen and oxygen atoms in total. The Kier molecular flexibility index (Phi) is 5.04. The number of fused-ring (bicyclic) bond motifs is 1. The van der Waals surface area contributed by atoms with E-state index in [9.17, 15) is 9.59 Å². The first kappa shape index (κ1) is 16.5. The van der Waals surface area contributed by atoms with Crippen molar-refractivity contribution in [3.63, 3.8) is 0 Å². The van der Waals surface area contributed by atoms with E-state index in [2.05, 4.69) is 5.32 Å². The van der Waals surface area contributed by atoms with Crippen molar-refractivity contribution in [2.24, 2.45) is 0 Å². The average molecular weight is 370 g/mol. The number of esters is 1. The van der Waals surface area contributed by atoms with Crippen molar-refractivity contribution in [1.82, 2.24) is 0 Å². The summed E-state index contributed by atoms with van der Waals surface area (Å²) >= 11 is 8.76. The highest BCUT2D eigenvalue weighted by atomic mass is 35.5. The van der Waals surface area contributed by atoms with Gasteiger partial charge in [0.05, 0.1) is 22.9 Å². The number of amides is 1. The van der Waals surface area contributed by atoms with Crippen LogP contribution in [0, 0.1) is 0 Å². The normalized spacial score (nSPS) is 13.0. The van der Waals surface area contributed by atoms with Crippen molar-refractivity contribution in [1.29, 1.82) is 0 Å². The van der Waals surface area contributed by atoms with Gasteiger partial charge >= 0.3 is 5.97 Å². The van der Waals surface area contributed by atoms with E-state index in [0.717, 1.165) is 29.7 Å². The molecule has 0 atom stereocenters. The van der Waals surface area contributed by atoms with Gasteiger partial charge in [-0.15, -0.1) is 22.7 Å². The minimum Gasteiger partial charge on any atom is -0.462 e. The van der Waals surface area contributed by atoms with Crippen LogP contribution in [-0.4, -0.2) is 18.5 Å². The van der Waals surface area contributed by atoms with Gasteiger partial charge in [0.1, 0.15) is 5.00 Å². The molecule has 7 heteroatoms. The minimum atomic E-state index is -0.346. The van der Waals surface area contributed by atoms with E-state index < -0.39 is 0 Å². The molecule has 2 aromatic rings. The van der Waals surface area contributed by atoms with E-state index in [1.165, 1.54) is 27.6 Å². The quantitative estimate of drug-likeness (QED) is 0.799. The Balaban J connectivity index is 1.79. The zero-order valence-corrected chi connectivity index (χ0v) is 15.0. The Labute approximate surface area is 147 Å². The van der Waals surface area contributed by atoms with Crippen LogP contribution in [0.3, 0.4) is 0 Å². The zero-order valence-electron chi connectivity index (χ0n) is 12.6. The summed E-state index contributed by atoms with van der Waals surface area (Å²) in [4.78, 5) is 26.6. The molecular weight excluding hydrogens is 354 g/mol. The minimum absolute atomic E-state index is 0.144. The fourth-order valence-corrected chi connectivity index (χ4v) is 5.07. The maximum absolute atomic E-state index is 12.3. The van der Waals surface area contributed by atoms with Gasteiger partial charge in [-0.2, -0.15) is 0 Å². The molecule has 0 aliphatic heterocycles. The van der Waals surface area contributed by atoms with Gasteiger partial charge in [-0.1, -0.05) is 11.6 Å². The summed E-state index contributed by atoms with van der Waals surface area (Å²) in [5.41, 5.74) is 1.59. The highest BCUT2D eigenvalue weighted by Gasteiger charge is 2.28. The third-order valence-corrected chi connectivity index (χ3v) is 6.06. The smallest absolute Gasteiger partial charge is 0.341 e. The molecule has 0 saturated carbocycles. The van der Waals surface area contributed by atoms with E-state index in [1.807, 2.05) is 6.07 Å². The Bertz CT molecular complexity index is 751. The number of anilines is 1. The van der Waals surface area contributed by atoms with Crippen LogP contribution in [0.15, 0.2) is 12.1 Å². The van der Waals surface area contributed by atoms with E-state index in [1.54, 1.807) is 13.0 Å². The number of nitrogens with one attached hydrogen (secondary N) is 1. The van der Waals surface area contributed by atoms with Gasteiger partial charge in [0, 0.05) is 9.75 Å². The molecule has 0 bridgehead atoms. The van der Waals surface area contributed by atoms with Gasteiger partial charge in [-0.25, -0.2) is 4.79 Å². The van der Waals surface area contributed by atoms with Gasteiger partial charge in [0.2, 0.25) is 5.91 Å². The molecule has 23 heavy (non-hydrogen) atoms. The molecule has 2 aromatic heterocycles. The van der Waals surface area contributed by atoms with Crippen LogP contribution in [0.1, 0.15) is 39.0 Å². The highest BCUT2D eigenvalue weighted by molar-refractivity contribution is 7.17. The maximum Gasteiger partial charge on any atom is 0.341 e. The number of thiophene rings is 2. The fraction of sp³-hybridized carbons (Fsp3) is 0.375. The van der Waals surface area contributed by atoms with Crippen LogP contribution in [0.5, 0.6) is 0 Å². The summed E-state index contributed by atoms with van der Waals surface area (Å²) in [5, 5.41) is 3.49. The first-order valence-corrected chi connectivity index (χ1v) is 9.45. The summed E-state index contributed by atoms with van der Waals surface area (Å²) in [6.45, 7) is 2.10. The second kappa shape index (κ2) is 7.03. The summed E-state index contributed by atoms with van der Waals surface area (Å²) in [6, 6.07) is 3.62. The Hall–Kier alpha value is -1.37. The van der Waals surface area contributed by atoms with Crippen LogP contribution < -0.4 is 5.32 Å². The summed E-state index contributed by atoms with van der Waals surface area (Å²) < 4.78 is 5.82. The van der Waals surface area contributed by atoms with Crippen LogP contribution in [0.2, 0.25) is 4.34 Å². The molecule has 122 valence electrons. The Morgan fingerprint density at radius 1 is 1.30 bits per heavy atom. The van der Waals surface area contributed by atoms with Gasteiger partial charge in [-0.3, -0.25) is 4.79 Å². The lowest BCUT2D eigenvalue weighted by Crippen LogP contribution is -2.16. The molecule has 0 radical (unpaired) electrons. The van der Waals surface area contributed by atoms with E-state index in [4.69, 9.17) is 16.3 Å². The monoisotopic (exact) mass is 369 g/mol. The van der Waals surface area contributed by atoms with Crippen molar-refractivity contribution in [3.8, 4) is 0 Å². The first-order chi connectivity index (χ1) is 11.1. The fourth-order valence-electron chi connectivity index (χ4n) is 2.69. The van der Waals surface area contributed by atoms with Gasteiger partial charge in [0.25, 0.3) is 0 Å². The second-order valence-corrected chi connectivity index (χ2v) is 8.12. The molecule has 0 spiro atoms. The molecule has 0 saturated heterocycles. The summed E-state index contributed by atoms with van der Waals surface area (Å²) in [6.07, 6.45) is 3.14. The number of ether oxygens (including phenoxy) is 1. The SMILES string of the molecule is CCOC(=O)c1c(NC(=O)Cc2ccc(Cl)s2)sc2c1CCC2. The lowest BCUT2D eigenvalue weighted by atomic mass is 10.1. The van der Waals surface area contributed by atoms with Crippen LogP contribution >= 0.6 is 34.3 Å². The van der Waals surface area contributed by atoms with Crippen molar-refractivity contribution >= 4 is 51.2 Å². The molecule has 0 aromatic carbocycles. The van der Waals surface area contributed by atoms with Gasteiger partial charge in [-0.05, 0) is 43.9 Å². The number of rotatable bonds is 5. The summed E-state index contributed by atoms with van der Waals surface area (Å²) in [7, 11) is 0.